The van der Waals surface area contributed by atoms with Crippen molar-refractivity contribution in [2.75, 3.05) is 0 Å². The number of unbranched alkanes of at least 4 members (excludes halogenated alkanes) is 6. The van der Waals surface area contributed by atoms with Crippen LogP contribution in [-0.4, -0.2) is 10.2 Å². The van der Waals surface area contributed by atoms with Gasteiger partial charge in [0.15, 0.2) is 0 Å². The van der Waals surface area contributed by atoms with Gasteiger partial charge in [0, 0.05) is 11.6 Å². The van der Waals surface area contributed by atoms with E-state index in [-0.39, 0.29) is 0 Å². The second-order valence-corrected chi connectivity index (χ2v) is 5.87. The molecule has 1 N–H and O–H groups in total. The lowest BCUT2D eigenvalue weighted by Crippen LogP contribution is -2.00. The van der Waals surface area contributed by atoms with E-state index in [4.69, 9.17) is 0 Å². The first-order valence-electron chi connectivity index (χ1n) is 8.29. The summed E-state index contributed by atoms with van der Waals surface area (Å²) < 4.78 is 0. The maximum atomic E-state index is 4.49. The van der Waals surface area contributed by atoms with Gasteiger partial charge in [0.1, 0.15) is 0 Å². The third-order valence-corrected chi connectivity index (χ3v) is 3.96. The number of aromatic nitrogens is 2. The zero-order valence-electron chi connectivity index (χ0n) is 13.2. The molecule has 19 heavy (non-hydrogen) atoms. The SMILES string of the molecule is CCCCCCC(CCCCCC)c1cc(C)[nH]n1. The average molecular weight is 264 g/mol. The molecule has 2 heteroatoms. The summed E-state index contributed by atoms with van der Waals surface area (Å²) in [6.45, 7) is 6.65. The molecule has 0 aliphatic carbocycles. The second-order valence-electron chi connectivity index (χ2n) is 5.87. The molecule has 0 atom stereocenters. The Balaban J connectivity index is 2.38. The van der Waals surface area contributed by atoms with E-state index in [9.17, 15) is 0 Å². The highest BCUT2D eigenvalue weighted by molar-refractivity contribution is 5.11. The molecule has 0 radical (unpaired) electrons. The molecule has 0 aliphatic heterocycles. The summed E-state index contributed by atoms with van der Waals surface area (Å²) in [6.07, 6.45) is 13.5. The van der Waals surface area contributed by atoms with Crippen molar-refractivity contribution in [2.24, 2.45) is 0 Å². The summed E-state index contributed by atoms with van der Waals surface area (Å²) in [5.41, 5.74) is 2.49. The summed E-state index contributed by atoms with van der Waals surface area (Å²) in [5, 5.41) is 7.59. The molecular formula is C17H32N2. The number of H-pyrrole nitrogens is 1. The van der Waals surface area contributed by atoms with Crippen LogP contribution in [0.5, 0.6) is 0 Å². The number of nitrogens with one attached hydrogen (secondary N) is 1. The van der Waals surface area contributed by atoms with Crippen LogP contribution >= 0.6 is 0 Å². The Hall–Kier alpha value is -0.790. The van der Waals surface area contributed by atoms with Gasteiger partial charge in [-0.15, -0.1) is 0 Å². The standard InChI is InChI=1S/C17H32N2/c1-4-6-8-10-12-16(13-11-9-7-5-2)17-14-15(3)18-19-17/h14,16H,4-13H2,1-3H3,(H,18,19). The molecule has 0 spiro atoms. The molecule has 1 aromatic heterocycles. The molecule has 0 aromatic carbocycles. The largest absolute Gasteiger partial charge is 0.283 e. The third-order valence-electron chi connectivity index (χ3n) is 3.96. The lowest BCUT2D eigenvalue weighted by molar-refractivity contribution is 0.488. The minimum atomic E-state index is 0.679. The molecule has 0 fully saturated rings. The monoisotopic (exact) mass is 264 g/mol. The Labute approximate surface area is 119 Å². The van der Waals surface area contributed by atoms with E-state index in [0.717, 1.165) is 0 Å². The fourth-order valence-corrected chi connectivity index (χ4v) is 2.72. The van der Waals surface area contributed by atoms with Gasteiger partial charge < -0.3 is 0 Å². The molecular weight excluding hydrogens is 232 g/mol. The van der Waals surface area contributed by atoms with E-state index >= 15 is 0 Å². The van der Waals surface area contributed by atoms with E-state index < -0.39 is 0 Å². The minimum Gasteiger partial charge on any atom is -0.283 e. The van der Waals surface area contributed by atoms with Crippen molar-refractivity contribution < 1.29 is 0 Å². The van der Waals surface area contributed by atoms with Gasteiger partial charge in [-0.3, -0.25) is 5.10 Å². The maximum Gasteiger partial charge on any atom is 0.0655 e. The zero-order valence-corrected chi connectivity index (χ0v) is 13.2. The van der Waals surface area contributed by atoms with E-state index in [0.29, 0.717) is 5.92 Å². The Morgan fingerprint density at radius 2 is 1.53 bits per heavy atom. The number of hydrogen-bond donors (Lipinski definition) is 1. The third kappa shape index (κ3) is 6.79. The smallest absolute Gasteiger partial charge is 0.0655 e. The van der Waals surface area contributed by atoms with Crippen LogP contribution in [0.2, 0.25) is 0 Å². The van der Waals surface area contributed by atoms with E-state index in [1.807, 2.05) is 0 Å². The highest BCUT2D eigenvalue weighted by atomic mass is 15.1. The van der Waals surface area contributed by atoms with E-state index in [1.165, 1.54) is 75.6 Å². The normalized spacial score (nSPS) is 11.4. The van der Waals surface area contributed by atoms with Gasteiger partial charge in [0.25, 0.3) is 0 Å². The molecule has 0 unspecified atom stereocenters. The van der Waals surface area contributed by atoms with Crippen molar-refractivity contribution in [1.29, 1.82) is 0 Å². The summed E-state index contributed by atoms with van der Waals surface area (Å²) in [4.78, 5) is 0. The van der Waals surface area contributed by atoms with Gasteiger partial charge in [0.2, 0.25) is 0 Å². The average Bonchev–Trinajstić information content (AvgIpc) is 2.83. The Morgan fingerprint density at radius 1 is 0.947 bits per heavy atom. The number of aryl methyl sites for hydroxylation is 1. The predicted octanol–water partition coefficient (Wildman–Crippen LogP) is 5.74. The molecule has 1 heterocycles. The molecule has 0 saturated carbocycles. The Morgan fingerprint density at radius 3 is 1.95 bits per heavy atom. The van der Waals surface area contributed by atoms with E-state index in [1.54, 1.807) is 0 Å². The molecule has 0 aliphatic rings. The lowest BCUT2D eigenvalue weighted by Gasteiger charge is -2.14. The fraction of sp³-hybridized carbons (Fsp3) is 0.824. The van der Waals surface area contributed by atoms with Gasteiger partial charge in [-0.1, -0.05) is 65.2 Å². The quantitative estimate of drug-likeness (QED) is 0.507. The van der Waals surface area contributed by atoms with Crippen molar-refractivity contribution in [2.45, 2.75) is 90.9 Å². The molecule has 1 rings (SSSR count). The molecule has 0 amide bonds. The Kier molecular flexibility index (Phi) is 8.61. The zero-order chi connectivity index (χ0) is 13.9. The Bertz CT molecular complexity index is 305. The van der Waals surface area contributed by atoms with Gasteiger partial charge in [-0.2, -0.15) is 5.10 Å². The van der Waals surface area contributed by atoms with Crippen LogP contribution in [0.1, 0.15) is 95.4 Å². The van der Waals surface area contributed by atoms with Crippen LogP contribution in [0.4, 0.5) is 0 Å². The lowest BCUT2D eigenvalue weighted by atomic mass is 9.91. The first kappa shape index (κ1) is 16.3. The van der Waals surface area contributed by atoms with Crippen molar-refractivity contribution in [1.82, 2.24) is 10.2 Å². The summed E-state index contributed by atoms with van der Waals surface area (Å²) in [5.74, 6) is 0.679. The highest BCUT2D eigenvalue weighted by Gasteiger charge is 2.13. The molecule has 1 aromatic rings. The van der Waals surface area contributed by atoms with Crippen molar-refractivity contribution in [3.63, 3.8) is 0 Å². The van der Waals surface area contributed by atoms with Crippen LogP contribution in [0.25, 0.3) is 0 Å². The van der Waals surface area contributed by atoms with E-state index in [2.05, 4.69) is 37.0 Å². The van der Waals surface area contributed by atoms with Gasteiger partial charge in [-0.25, -0.2) is 0 Å². The summed E-state index contributed by atoms with van der Waals surface area (Å²) in [7, 11) is 0. The van der Waals surface area contributed by atoms with Crippen LogP contribution in [-0.2, 0) is 0 Å². The highest BCUT2D eigenvalue weighted by Crippen LogP contribution is 2.27. The molecule has 110 valence electrons. The van der Waals surface area contributed by atoms with Crippen LogP contribution in [0, 0.1) is 6.92 Å². The predicted molar refractivity (Wildman–Crippen MR) is 83.6 cm³/mol. The first-order valence-corrected chi connectivity index (χ1v) is 8.29. The number of nitrogens with zero attached hydrogens (tertiary/aromatic N) is 1. The minimum absolute atomic E-state index is 0.679. The van der Waals surface area contributed by atoms with Gasteiger partial charge in [0.05, 0.1) is 5.69 Å². The van der Waals surface area contributed by atoms with Crippen LogP contribution in [0.15, 0.2) is 6.07 Å². The molecule has 0 bridgehead atoms. The van der Waals surface area contributed by atoms with Crippen LogP contribution in [0.3, 0.4) is 0 Å². The van der Waals surface area contributed by atoms with Crippen LogP contribution < -0.4 is 0 Å². The maximum absolute atomic E-state index is 4.49. The summed E-state index contributed by atoms with van der Waals surface area (Å²) in [6, 6.07) is 2.24. The second kappa shape index (κ2) is 10.1. The topological polar surface area (TPSA) is 28.7 Å². The van der Waals surface area contributed by atoms with Gasteiger partial charge >= 0.3 is 0 Å². The number of hydrogen-bond acceptors (Lipinski definition) is 1. The van der Waals surface area contributed by atoms with Crippen molar-refractivity contribution >= 4 is 0 Å². The number of aromatic amines is 1. The fourth-order valence-electron chi connectivity index (χ4n) is 2.72. The summed E-state index contributed by atoms with van der Waals surface area (Å²) >= 11 is 0. The first-order chi connectivity index (χ1) is 9.27. The molecule has 0 saturated heterocycles. The van der Waals surface area contributed by atoms with Gasteiger partial charge in [-0.05, 0) is 25.8 Å². The van der Waals surface area contributed by atoms with Crippen molar-refractivity contribution in [3.8, 4) is 0 Å². The van der Waals surface area contributed by atoms with Crippen molar-refractivity contribution in [3.05, 3.63) is 17.5 Å². The molecule has 2 nitrogen and oxygen atoms in total. The number of rotatable bonds is 11.